The Morgan fingerprint density at radius 3 is 2.15 bits per heavy atom. The molecule has 0 aromatic carbocycles. The van der Waals surface area contributed by atoms with Crippen LogP contribution in [0.3, 0.4) is 0 Å². The zero-order chi connectivity index (χ0) is 20.7. The van der Waals surface area contributed by atoms with E-state index >= 15 is 0 Å². The van der Waals surface area contributed by atoms with E-state index < -0.39 is 47.9 Å². The minimum Gasteiger partial charge on any atom is -0.480 e. The fraction of sp³-hybridized carbons (Fsp3) is 0.750. The molecule has 1 saturated heterocycles. The van der Waals surface area contributed by atoms with Crippen LogP contribution in [-0.2, 0) is 19.2 Å². The molecule has 3 amide bonds. The van der Waals surface area contributed by atoms with Crippen molar-refractivity contribution in [3.8, 4) is 0 Å². The summed E-state index contributed by atoms with van der Waals surface area (Å²) >= 11 is 8.17. The molecule has 4 unspecified atom stereocenters. The van der Waals surface area contributed by atoms with Crippen molar-refractivity contribution < 1.29 is 24.3 Å². The molecular formula is C16H28N4O5S2. The molecular weight excluding hydrogens is 392 g/mol. The second-order valence-electron chi connectivity index (χ2n) is 6.79. The van der Waals surface area contributed by atoms with Gasteiger partial charge in [0.15, 0.2) is 0 Å². The average Bonchev–Trinajstić information content (AvgIpc) is 3.12. The fourth-order valence-corrected chi connectivity index (χ4v) is 3.21. The Morgan fingerprint density at radius 2 is 1.67 bits per heavy atom. The summed E-state index contributed by atoms with van der Waals surface area (Å²) < 4.78 is 0. The third-order valence-corrected chi connectivity index (χ3v) is 5.18. The molecule has 0 aromatic heterocycles. The van der Waals surface area contributed by atoms with Crippen LogP contribution in [0.4, 0.5) is 0 Å². The molecule has 4 atom stereocenters. The molecule has 1 fully saturated rings. The van der Waals surface area contributed by atoms with E-state index in [1.807, 2.05) is 0 Å². The van der Waals surface area contributed by atoms with Gasteiger partial charge in [-0.15, -0.1) is 0 Å². The number of nitrogens with zero attached hydrogens (tertiary/aromatic N) is 1. The highest BCUT2D eigenvalue weighted by molar-refractivity contribution is 7.80. The molecule has 0 bridgehead atoms. The molecule has 1 rings (SSSR count). The van der Waals surface area contributed by atoms with Crippen LogP contribution in [0.1, 0.15) is 26.7 Å². The number of hydrogen-bond acceptors (Lipinski definition) is 7. The number of hydrogen-bond donors (Lipinski definition) is 6. The van der Waals surface area contributed by atoms with E-state index in [2.05, 4.69) is 35.9 Å². The Bertz CT molecular complexity index is 575. The zero-order valence-corrected chi connectivity index (χ0v) is 17.2. The quantitative estimate of drug-likeness (QED) is 0.261. The highest BCUT2D eigenvalue weighted by Crippen LogP contribution is 2.18. The third-order valence-electron chi connectivity index (χ3n) is 4.45. The number of carbonyl (C=O) groups is 4. The van der Waals surface area contributed by atoms with Gasteiger partial charge in [0.2, 0.25) is 17.7 Å². The lowest BCUT2D eigenvalue weighted by Gasteiger charge is -2.28. The van der Waals surface area contributed by atoms with E-state index in [1.165, 1.54) is 4.90 Å². The molecule has 0 saturated carbocycles. The van der Waals surface area contributed by atoms with Gasteiger partial charge in [-0.3, -0.25) is 14.4 Å². The van der Waals surface area contributed by atoms with Crippen LogP contribution in [-0.4, -0.2) is 75.9 Å². The van der Waals surface area contributed by atoms with Crippen LogP contribution in [0.15, 0.2) is 0 Å². The third kappa shape index (κ3) is 6.28. The Morgan fingerprint density at radius 1 is 1.11 bits per heavy atom. The standard InChI is InChI=1S/C16H28N4O5S2/c1-8(2)12(17)14(22)18-9(6-26)13(21)19-10(7-27)15(23)20-5-3-4-11(20)16(24)25/h8-12,26-27H,3-7,17H2,1-2H3,(H,18,22)(H,19,21)(H,24,25). The van der Waals surface area contributed by atoms with Crippen LogP contribution in [0, 0.1) is 5.92 Å². The Hall–Kier alpha value is -1.46. The number of carboxylic acid groups (broad SMARTS) is 1. The van der Waals surface area contributed by atoms with Crippen LogP contribution < -0.4 is 16.4 Å². The van der Waals surface area contributed by atoms with Gasteiger partial charge in [0.25, 0.3) is 0 Å². The summed E-state index contributed by atoms with van der Waals surface area (Å²) in [6.07, 6.45) is 0.953. The van der Waals surface area contributed by atoms with Crippen LogP contribution in [0.2, 0.25) is 0 Å². The van der Waals surface area contributed by atoms with Crippen LogP contribution in [0.25, 0.3) is 0 Å². The number of rotatable bonds is 9. The van der Waals surface area contributed by atoms with E-state index in [0.29, 0.717) is 19.4 Å². The topological polar surface area (TPSA) is 142 Å². The van der Waals surface area contributed by atoms with Crippen LogP contribution >= 0.6 is 25.3 Å². The highest BCUT2D eigenvalue weighted by Gasteiger charge is 2.37. The first-order chi connectivity index (χ1) is 12.6. The molecule has 0 radical (unpaired) electrons. The number of thiol groups is 2. The van der Waals surface area contributed by atoms with Crippen molar-refractivity contribution in [2.45, 2.75) is 50.9 Å². The number of amides is 3. The number of carbonyl (C=O) groups excluding carboxylic acids is 3. The maximum Gasteiger partial charge on any atom is 0.326 e. The van der Waals surface area contributed by atoms with Crippen molar-refractivity contribution in [2.75, 3.05) is 18.1 Å². The number of carboxylic acids is 1. The molecule has 0 spiro atoms. The zero-order valence-electron chi connectivity index (χ0n) is 15.4. The van der Waals surface area contributed by atoms with Crippen molar-refractivity contribution in [2.24, 2.45) is 11.7 Å². The van der Waals surface area contributed by atoms with Gasteiger partial charge in [0.05, 0.1) is 6.04 Å². The number of nitrogens with one attached hydrogen (secondary N) is 2. The van der Waals surface area contributed by atoms with Crippen molar-refractivity contribution >= 4 is 48.9 Å². The maximum absolute atomic E-state index is 12.6. The number of aliphatic carboxylic acids is 1. The molecule has 1 aliphatic rings. The molecule has 1 aliphatic heterocycles. The van der Waals surface area contributed by atoms with Gasteiger partial charge < -0.3 is 26.4 Å². The summed E-state index contributed by atoms with van der Waals surface area (Å²) in [5, 5.41) is 14.3. The van der Waals surface area contributed by atoms with Crippen molar-refractivity contribution in [1.29, 1.82) is 0 Å². The van der Waals surface area contributed by atoms with Crippen molar-refractivity contribution in [1.82, 2.24) is 15.5 Å². The minimum atomic E-state index is -1.08. The summed E-state index contributed by atoms with van der Waals surface area (Å²) in [5.41, 5.74) is 5.77. The summed E-state index contributed by atoms with van der Waals surface area (Å²) in [6.45, 7) is 3.88. The van der Waals surface area contributed by atoms with Gasteiger partial charge in [-0.25, -0.2) is 4.79 Å². The molecule has 27 heavy (non-hydrogen) atoms. The van der Waals surface area contributed by atoms with Gasteiger partial charge in [-0.1, -0.05) is 13.8 Å². The lowest BCUT2D eigenvalue weighted by atomic mass is 10.0. The van der Waals surface area contributed by atoms with Gasteiger partial charge in [-0.05, 0) is 18.8 Å². The van der Waals surface area contributed by atoms with E-state index in [0.717, 1.165) is 0 Å². The largest absolute Gasteiger partial charge is 0.480 e. The van der Waals surface area contributed by atoms with E-state index in [-0.39, 0.29) is 17.4 Å². The normalized spacial score (nSPS) is 20.1. The predicted octanol–water partition coefficient (Wildman–Crippen LogP) is -1.13. The minimum absolute atomic E-state index is 0.00778. The van der Waals surface area contributed by atoms with E-state index in [4.69, 9.17) is 5.73 Å². The Labute approximate surface area is 169 Å². The molecule has 154 valence electrons. The second kappa shape index (κ2) is 10.8. The van der Waals surface area contributed by atoms with Gasteiger partial charge in [-0.2, -0.15) is 25.3 Å². The van der Waals surface area contributed by atoms with E-state index in [1.54, 1.807) is 13.8 Å². The van der Waals surface area contributed by atoms with Crippen molar-refractivity contribution in [3.05, 3.63) is 0 Å². The lowest BCUT2D eigenvalue weighted by Crippen LogP contribution is -2.58. The first-order valence-electron chi connectivity index (χ1n) is 8.75. The molecule has 9 nitrogen and oxygen atoms in total. The van der Waals surface area contributed by atoms with Gasteiger partial charge >= 0.3 is 5.97 Å². The summed E-state index contributed by atoms with van der Waals surface area (Å²) in [4.78, 5) is 49.7. The first-order valence-corrected chi connectivity index (χ1v) is 10.0. The molecule has 5 N–H and O–H groups in total. The lowest BCUT2D eigenvalue weighted by molar-refractivity contribution is -0.149. The predicted molar refractivity (Wildman–Crippen MR) is 107 cm³/mol. The van der Waals surface area contributed by atoms with Crippen LogP contribution in [0.5, 0.6) is 0 Å². The first kappa shape index (κ1) is 23.6. The number of nitrogens with two attached hydrogens (primary N) is 1. The molecule has 0 aromatic rings. The number of likely N-dealkylation sites (tertiary alicyclic amines) is 1. The smallest absolute Gasteiger partial charge is 0.326 e. The molecule has 11 heteroatoms. The second-order valence-corrected chi connectivity index (χ2v) is 7.52. The van der Waals surface area contributed by atoms with Gasteiger partial charge in [0.1, 0.15) is 18.1 Å². The van der Waals surface area contributed by atoms with E-state index in [9.17, 15) is 24.3 Å². The monoisotopic (exact) mass is 420 g/mol. The summed E-state index contributed by atoms with van der Waals surface area (Å²) in [7, 11) is 0. The van der Waals surface area contributed by atoms with Gasteiger partial charge in [0, 0.05) is 18.1 Å². The Balaban J connectivity index is 2.76. The van der Waals surface area contributed by atoms with Crippen molar-refractivity contribution in [3.63, 3.8) is 0 Å². The maximum atomic E-state index is 12.6. The molecule has 1 heterocycles. The molecule has 0 aliphatic carbocycles. The highest BCUT2D eigenvalue weighted by atomic mass is 32.1. The summed E-state index contributed by atoms with van der Waals surface area (Å²) in [6, 6.07) is -3.65. The Kier molecular flexibility index (Phi) is 9.40. The fourth-order valence-electron chi connectivity index (χ4n) is 2.71. The SMILES string of the molecule is CC(C)C(N)C(=O)NC(CS)C(=O)NC(CS)C(=O)N1CCCC1C(=O)O. The average molecular weight is 421 g/mol. The summed E-state index contributed by atoms with van der Waals surface area (Å²) in [5.74, 6) is -2.78.